The number of anilines is 2. The maximum atomic E-state index is 11.3. The Morgan fingerprint density at radius 1 is 1.22 bits per heavy atom. The summed E-state index contributed by atoms with van der Waals surface area (Å²) in [5.74, 6) is -0.479. The molecule has 0 unspecified atom stereocenters. The highest BCUT2D eigenvalue weighted by molar-refractivity contribution is 5.99. The van der Waals surface area contributed by atoms with Crippen LogP contribution in [0, 0.1) is 0 Å². The molecule has 0 spiro atoms. The molecule has 5 heteroatoms. The number of nitrogen functional groups attached to an aromatic ring is 1. The molecule has 0 aliphatic heterocycles. The number of hydrogen-bond donors (Lipinski definition) is 3. The average Bonchev–Trinajstić information content (AvgIpc) is 2.37. The monoisotopic (exact) mass is 242 g/mol. The van der Waals surface area contributed by atoms with Gasteiger partial charge in [0.05, 0.1) is 5.56 Å². The van der Waals surface area contributed by atoms with E-state index in [1.807, 2.05) is 12.1 Å². The molecule has 0 bridgehead atoms. The van der Waals surface area contributed by atoms with Gasteiger partial charge in [0.25, 0.3) is 5.91 Å². The van der Waals surface area contributed by atoms with Crippen molar-refractivity contribution in [2.75, 3.05) is 11.1 Å². The zero-order valence-corrected chi connectivity index (χ0v) is 9.76. The number of nitrogens with zero attached hydrogens (tertiary/aromatic N) is 1. The lowest BCUT2D eigenvalue weighted by molar-refractivity contribution is 0.100. The van der Waals surface area contributed by atoms with E-state index in [0.29, 0.717) is 23.5 Å². The number of nitrogens with one attached hydrogen (secondary N) is 1. The third-order valence-electron chi connectivity index (χ3n) is 2.54. The van der Waals surface area contributed by atoms with Crippen LogP contribution < -0.4 is 16.8 Å². The molecule has 1 amide bonds. The van der Waals surface area contributed by atoms with Crippen LogP contribution in [0.25, 0.3) is 0 Å². The highest BCUT2D eigenvalue weighted by Gasteiger charge is 2.07. The number of carbonyl (C=O) groups is 1. The predicted molar refractivity (Wildman–Crippen MR) is 70.9 cm³/mol. The van der Waals surface area contributed by atoms with Crippen molar-refractivity contribution in [3.8, 4) is 0 Å². The van der Waals surface area contributed by atoms with Crippen molar-refractivity contribution in [1.82, 2.24) is 4.98 Å². The van der Waals surface area contributed by atoms with E-state index in [9.17, 15) is 4.79 Å². The number of benzene rings is 1. The minimum atomic E-state index is -0.479. The number of primary amides is 1. The standard InChI is InChI=1S/C13H14N4O/c14-10-1-2-11(13(15)18)12(7-10)17-8-9-3-5-16-6-4-9/h1-7,17H,8,14H2,(H2,15,18). The first-order valence-corrected chi connectivity index (χ1v) is 5.49. The molecule has 1 aromatic heterocycles. The Bertz CT molecular complexity index is 554. The molecule has 0 fully saturated rings. The Labute approximate surface area is 105 Å². The van der Waals surface area contributed by atoms with Crippen LogP contribution in [0.1, 0.15) is 15.9 Å². The molecule has 0 atom stereocenters. The normalized spacial score (nSPS) is 10.0. The van der Waals surface area contributed by atoms with Crippen LogP contribution in [0.2, 0.25) is 0 Å². The lowest BCUT2D eigenvalue weighted by Crippen LogP contribution is -2.14. The molecule has 1 heterocycles. The molecule has 0 saturated carbocycles. The summed E-state index contributed by atoms with van der Waals surface area (Å²) in [4.78, 5) is 15.2. The summed E-state index contributed by atoms with van der Waals surface area (Å²) in [6.07, 6.45) is 3.43. The van der Waals surface area contributed by atoms with Gasteiger partial charge in [-0.05, 0) is 35.9 Å². The van der Waals surface area contributed by atoms with Gasteiger partial charge in [-0.25, -0.2) is 0 Å². The van der Waals surface area contributed by atoms with Gasteiger partial charge < -0.3 is 16.8 Å². The molecule has 0 saturated heterocycles. The average molecular weight is 242 g/mol. The topological polar surface area (TPSA) is 94.0 Å². The van der Waals surface area contributed by atoms with Gasteiger partial charge in [0.1, 0.15) is 0 Å². The van der Waals surface area contributed by atoms with Crippen LogP contribution in [0.4, 0.5) is 11.4 Å². The molecule has 92 valence electrons. The van der Waals surface area contributed by atoms with Crippen LogP contribution in [-0.4, -0.2) is 10.9 Å². The van der Waals surface area contributed by atoms with Gasteiger partial charge in [0.2, 0.25) is 0 Å². The summed E-state index contributed by atoms with van der Waals surface area (Å²) in [6.45, 7) is 0.576. The minimum Gasteiger partial charge on any atom is -0.399 e. The second-order valence-corrected chi connectivity index (χ2v) is 3.88. The zero-order valence-electron chi connectivity index (χ0n) is 9.76. The smallest absolute Gasteiger partial charge is 0.250 e. The highest BCUT2D eigenvalue weighted by Crippen LogP contribution is 2.19. The molecule has 2 aromatic rings. The third-order valence-corrected chi connectivity index (χ3v) is 2.54. The number of carbonyl (C=O) groups excluding carboxylic acids is 1. The van der Waals surface area contributed by atoms with Crippen molar-refractivity contribution in [1.29, 1.82) is 0 Å². The van der Waals surface area contributed by atoms with E-state index < -0.39 is 5.91 Å². The summed E-state index contributed by atoms with van der Waals surface area (Å²) in [7, 11) is 0. The Balaban J connectivity index is 2.18. The molecular weight excluding hydrogens is 228 g/mol. The van der Waals surface area contributed by atoms with Crippen molar-refractivity contribution in [3.05, 3.63) is 53.9 Å². The SMILES string of the molecule is NC(=O)c1ccc(N)cc1NCc1ccncc1. The summed E-state index contributed by atoms with van der Waals surface area (Å²) in [5, 5.41) is 3.14. The first-order chi connectivity index (χ1) is 8.66. The number of amides is 1. The third kappa shape index (κ3) is 2.76. The largest absolute Gasteiger partial charge is 0.399 e. The van der Waals surface area contributed by atoms with E-state index in [0.717, 1.165) is 5.56 Å². The molecule has 18 heavy (non-hydrogen) atoms. The van der Waals surface area contributed by atoms with Gasteiger partial charge >= 0.3 is 0 Å². The fraction of sp³-hybridized carbons (Fsp3) is 0.0769. The van der Waals surface area contributed by atoms with Crippen molar-refractivity contribution in [2.24, 2.45) is 5.73 Å². The Kier molecular flexibility index (Phi) is 3.43. The van der Waals surface area contributed by atoms with Gasteiger partial charge in [-0.2, -0.15) is 0 Å². The summed E-state index contributed by atoms with van der Waals surface area (Å²) >= 11 is 0. The van der Waals surface area contributed by atoms with E-state index in [2.05, 4.69) is 10.3 Å². The first kappa shape index (κ1) is 11.9. The molecule has 0 aliphatic carbocycles. The molecule has 5 nitrogen and oxygen atoms in total. The van der Waals surface area contributed by atoms with Crippen LogP contribution in [-0.2, 0) is 6.54 Å². The fourth-order valence-electron chi connectivity index (χ4n) is 1.62. The second kappa shape index (κ2) is 5.18. The van der Waals surface area contributed by atoms with Crippen LogP contribution >= 0.6 is 0 Å². The fourth-order valence-corrected chi connectivity index (χ4v) is 1.62. The van der Waals surface area contributed by atoms with Gasteiger partial charge in [-0.3, -0.25) is 9.78 Å². The maximum absolute atomic E-state index is 11.3. The van der Waals surface area contributed by atoms with Crippen molar-refractivity contribution in [3.63, 3.8) is 0 Å². The van der Waals surface area contributed by atoms with Crippen molar-refractivity contribution < 1.29 is 4.79 Å². The Morgan fingerprint density at radius 2 is 1.94 bits per heavy atom. The number of pyridine rings is 1. The highest BCUT2D eigenvalue weighted by atomic mass is 16.1. The first-order valence-electron chi connectivity index (χ1n) is 5.49. The maximum Gasteiger partial charge on any atom is 0.250 e. The van der Waals surface area contributed by atoms with E-state index in [1.165, 1.54) is 0 Å². The quantitative estimate of drug-likeness (QED) is 0.706. The number of rotatable bonds is 4. The predicted octanol–water partition coefficient (Wildman–Crippen LogP) is 1.37. The van der Waals surface area contributed by atoms with Gasteiger partial charge in [-0.15, -0.1) is 0 Å². The van der Waals surface area contributed by atoms with Crippen molar-refractivity contribution >= 4 is 17.3 Å². The number of aromatic nitrogens is 1. The molecule has 2 rings (SSSR count). The van der Waals surface area contributed by atoms with E-state index in [4.69, 9.17) is 11.5 Å². The molecule has 1 aromatic carbocycles. The summed E-state index contributed by atoms with van der Waals surface area (Å²) < 4.78 is 0. The second-order valence-electron chi connectivity index (χ2n) is 3.88. The zero-order chi connectivity index (χ0) is 13.0. The van der Waals surface area contributed by atoms with Crippen LogP contribution in [0.5, 0.6) is 0 Å². The minimum absolute atomic E-state index is 0.429. The van der Waals surface area contributed by atoms with E-state index >= 15 is 0 Å². The van der Waals surface area contributed by atoms with Crippen molar-refractivity contribution in [2.45, 2.75) is 6.54 Å². The van der Waals surface area contributed by atoms with Gasteiger partial charge in [-0.1, -0.05) is 0 Å². The molecule has 0 aliphatic rings. The van der Waals surface area contributed by atoms with Gasteiger partial charge in [0, 0.05) is 30.3 Å². The summed E-state index contributed by atoms with van der Waals surface area (Å²) in [6, 6.07) is 8.75. The van der Waals surface area contributed by atoms with Crippen LogP contribution in [0.15, 0.2) is 42.7 Å². The molecule has 0 radical (unpaired) electrons. The lowest BCUT2D eigenvalue weighted by atomic mass is 10.1. The van der Waals surface area contributed by atoms with E-state index in [-0.39, 0.29) is 0 Å². The van der Waals surface area contributed by atoms with E-state index in [1.54, 1.807) is 30.6 Å². The summed E-state index contributed by atoms with van der Waals surface area (Å²) in [5.41, 5.74) is 13.7. The molecular formula is C13H14N4O. The lowest BCUT2D eigenvalue weighted by Gasteiger charge is -2.10. The Morgan fingerprint density at radius 3 is 2.61 bits per heavy atom. The molecule has 5 N–H and O–H groups in total. The number of nitrogens with two attached hydrogens (primary N) is 2. The number of hydrogen-bond acceptors (Lipinski definition) is 4. The van der Waals surface area contributed by atoms with Crippen LogP contribution in [0.3, 0.4) is 0 Å². The van der Waals surface area contributed by atoms with Gasteiger partial charge in [0.15, 0.2) is 0 Å². The Hall–Kier alpha value is -2.56.